The second-order valence-corrected chi connectivity index (χ2v) is 4.17. The number of thioether (sulfide) groups is 1. The Morgan fingerprint density at radius 3 is 2.62 bits per heavy atom. The van der Waals surface area contributed by atoms with Crippen molar-refractivity contribution in [1.29, 1.82) is 0 Å². The molecule has 0 aromatic carbocycles. The van der Waals surface area contributed by atoms with Crippen LogP contribution in [0.15, 0.2) is 29.7 Å². The van der Waals surface area contributed by atoms with Crippen molar-refractivity contribution in [2.24, 2.45) is 0 Å². The zero-order valence-corrected chi connectivity index (χ0v) is 10.2. The van der Waals surface area contributed by atoms with Crippen molar-refractivity contribution >= 4 is 11.8 Å². The summed E-state index contributed by atoms with van der Waals surface area (Å²) in [7, 11) is 0. The van der Waals surface area contributed by atoms with E-state index in [0.29, 0.717) is 0 Å². The van der Waals surface area contributed by atoms with Gasteiger partial charge in [0.15, 0.2) is 11.0 Å². The molecule has 0 saturated carbocycles. The van der Waals surface area contributed by atoms with E-state index in [1.54, 1.807) is 24.2 Å². The Kier molecular flexibility index (Phi) is 3.56. The zero-order valence-electron chi connectivity index (χ0n) is 9.42. The summed E-state index contributed by atoms with van der Waals surface area (Å²) < 4.78 is 2.15. The molecule has 2 heterocycles. The highest BCUT2D eigenvalue weighted by molar-refractivity contribution is 7.98. The molecule has 0 fully saturated rings. The van der Waals surface area contributed by atoms with Gasteiger partial charge in [0, 0.05) is 24.5 Å². The van der Waals surface area contributed by atoms with Crippen LogP contribution in [0.5, 0.6) is 0 Å². The highest BCUT2D eigenvalue weighted by Gasteiger charge is 2.11. The van der Waals surface area contributed by atoms with Crippen LogP contribution in [0.2, 0.25) is 0 Å². The van der Waals surface area contributed by atoms with Gasteiger partial charge in [0.1, 0.15) is 0 Å². The van der Waals surface area contributed by atoms with Gasteiger partial charge < -0.3 is 4.57 Å². The predicted octanol–water partition coefficient (Wildman–Crippen LogP) is 2.47. The second kappa shape index (κ2) is 5.12. The van der Waals surface area contributed by atoms with E-state index in [2.05, 4.69) is 26.7 Å². The number of hydrogen-bond donors (Lipinski definition) is 0. The first-order chi connectivity index (χ1) is 7.86. The average Bonchev–Trinajstić information content (AvgIpc) is 2.74. The first-order valence-electron chi connectivity index (χ1n) is 5.24. The molecule has 2 aromatic rings. The zero-order chi connectivity index (χ0) is 11.4. The third-order valence-electron chi connectivity index (χ3n) is 2.29. The molecule has 0 aliphatic heterocycles. The van der Waals surface area contributed by atoms with Crippen molar-refractivity contribution in [3.8, 4) is 11.4 Å². The van der Waals surface area contributed by atoms with Crippen molar-refractivity contribution in [2.75, 3.05) is 6.26 Å². The molecule has 0 aliphatic carbocycles. The minimum absolute atomic E-state index is 0.925. The highest BCUT2D eigenvalue weighted by Crippen LogP contribution is 2.22. The van der Waals surface area contributed by atoms with Crippen LogP contribution < -0.4 is 0 Å². The Balaban J connectivity index is 2.44. The van der Waals surface area contributed by atoms with Gasteiger partial charge in [-0.1, -0.05) is 18.7 Å². The topological polar surface area (TPSA) is 43.6 Å². The summed E-state index contributed by atoms with van der Waals surface area (Å²) in [5.41, 5.74) is 1.07. The summed E-state index contributed by atoms with van der Waals surface area (Å²) in [6, 6.07) is 3.92. The van der Waals surface area contributed by atoms with E-state index in [1.807, 2.05) is 18.4 Å². The van der Waals surface area contributed by atoms with Crippen molar-refractivity contribution in [3.63, 3.8) is 0 Å². The summed E-state index contributed by atoms with van der Waals surface area (Å²) in [5, 5.41) is 9.39. The fourth-order valence-corrected chi connectivity index (χ4v) is 2.10. The van der Waals surface area contributed by atoms with E-state index >= 15 is 0 Å². The average molecular weight is 234 g/mol. The lowest BCUT2D eigenvalue weighted by atomic mass is 10.2. The summed E-state index contributed by atoms with van der Waals surface area (Å²) in [4.78, 5) is 4.01. The molecular formula is C11H14N4S. The standard InChI is InChI=1S/C11H14N4S/c1-3-8-15-10(13-14-11(15)16-2)9-4-6-12-7-5-9/h4-7H,3,8H2,1-2H3. The SMILES string of the molecule is CCCn1c(SC)nnc1-c1ccncc1. The van der Waals surface area contributed by atoms with Crippen LogP contribution in [0.3, 0.4) is 0 Å². The van der Waals surface area contributed by atoms with Crippen molar-refractivity contribution in [3.05, 3.63) is 24.5 Å². The fourth-order valence-electron chi connectivity index (χ4n) is 1.58. The molecule has 2 aromatic heterocycles. The van der Waals surface area contributed by atoms with Crippen LogP contribution in [0.1, 0.15) is 13.3 Å². The summed E-state index contributed by atoms with van der Waals surface area (Å²) >= 11 is 1.62. The maximum Gasteiger partial charge on any atom is 0.191 e. The molecule has 0 atom stereocenters. The summed E-state index contributed by atoms with van der Waals surface area (Å²) in [5.74, 6) is 0.925. The monoisotopic (exact) mass is 234 g/mol. The van der Waals surface area contributed by atoms with Crippen molar-refractivity contribution in [2.45, 2.75) is 25.0 Å². The predicted molar refractivity (Wildman–Crippen MR) is 65.3 cm³/mol. The number of pyridine rings is 1. The Morgan fingerprint density at radius 1 is 1.25 bits per heavy atom. The van der Waals surface area contributed by atoms with Crippen molar-refractivity contribution < 1.29 is 0 Å². The minimum atomic E-state index is 0.925. The molecule has 0 bridgehead atoms. The maximum absolute atomic E-state index is 4.24. The van der Waals surface area contributed by atoms with Gasteiger partial charge in [-0.15, -0.1) is 10.2 Å². The molecule has 16 heavy (non-hydrogen) atoms. The Labute approximate surface area is 99.1 Å². The van der Waals surface area contributed by atoms with Gasteiger partial charge in [-0.05, 0) is 24.8 Å². The number of nitrogens with zero attached hydrogens (tertiary/aromatic N) is 4. The quantitative estimate of drug-likeness (QED) is 0.762. The molecule has 0 radical (unpaired) electrons. The van der Waals surface area contributed by atoms with E-state index in [0.717, 1.165) is 29.5 Å². The number of aromatic nitrogens is 4. The molecule has 5 heteroatoms. The van der Waals surface area contributed by atoms with Gasteiger partial charge >= 0.3 is 0 Å². The molecule has 0 unspecified atom stereocenters. The molecule has 2 rings (SSSR count). The van der Waals surface area contributed by atoms with Crippen LogP contribution >= 0.6 is 11.8 Å². The first-order valence-corrected chi connectivity index (χ1v) is 6.47. The van der Waals surface area contributed by atoms with Gasteiger partial charge in [0.25, 0.3) is 0 Å². The Bertz CT molecular complexity index is 452. The molecule has 0 aliphatic rings. The lowest BCUT2D eigenvalue weighted by molar-refractivity contribution is 0.627. The van der Waals surface area contributed by atoms with Crippen LogP contribution in [0, 0.1) is 0 Å². The van der Waals surface area contributed by atoms with E-state index in [1.165, 1.54) is 0 Å². The van der Waals surface area contributed by atoms with Crippen LogP contribution in [-0.4, -0.2) is 26.0 Å². The molecule has 4 nitrogen and oxygen atoms in total. The third kappa shape index (κ3) is 2.09. The van der Waals surface area contributed by atoms with Gasteiger partial charge in [-0.3, -0.25) is 4.98 Å². The lowest BCUT2D eigenvalue weighted by Crippen LogP contribution is -2.01. The minimum Gasteiger partial charge on any atom is -0.302 e. The van der Waals surface area contributed by atoms with E-state index in [9.17, 15) is 0 Å². The van der Waals surface area contributed by atoms with Gasteiger partial charge in [0.05, 0.1) is 0 Å². The normalized spacial score (nSPS) is 10.6. The molecule has 0 saturated heterocycles. The van der Waals surface area contributed by atoms with E-state index < -0.39 is 0 Å². The molecule has 0 N–H and O–H groups in total. The first kappa shape index (κ1) is 11.1. The molecule has 84 valence electrons. The smallest absolute Gasteiger partial charge is 0.191 e. The number of hydrogen-bond acceptors (Lipinski definition) is 4. The molecular weight excluding hydrogens is 220 g/mol. The Morgan fingerprint density at radius 2 is 2.00 bits per heavy atom. The Hall–Kier alpha value is -1.36. The largest absolute Gasteiger partial charge is 0.302 e. The third-order valence-corrected chi connectivity index (χ3v) is 2.95. The molecule has 0 amide bonds. The van der Waals surface area contributed by atoms with E-state index in [-0.39, 0.29) is 0 Å². The van der Waals surface area contributed by atoms with E-state index in [4.69, 9.17) is 0 Å². The lowest BCUT2D eigenvalue weighted by Gasteiger charge is -2.06. The van der Waals surface area contributed by atoms with Gasteiger partial charge in [-0.2, -0.15) is 0 Å². The second-order valence-electron chi connectivity index (χ2n) is 3.40. The van der Waals surface area contributed by atoms with Crippen LogP contribution in [0.4, 0.5) is 0 Å². The van der Waals surface area contributed by atoms with Crippen LogP contribution in [0.25, 0.3) is 11.4 Å². The summed E-state index contributed by atoms with van der Waals surface area (Å²) in [6.45, 7) is 3.10. The number of rotatable bonds is 4. The maximum atomic E-state index is 4.24. The van der Waals surface area contributed by atoms with Crippen molar-refractivity contribution in [1.82, 2.24) is 19.7 Å². The van der Waals surface area contributed by atoms with Crippen LogP contribution in [-0.2, 0) is 6.54 Å². The molecule has 0 spiro atoms. The van der Waals surface area contributed by atoms with Gasteiger partial charge in [0.2, 0.25) is 0 Å². The highest BCUT2D eigenvalue weighted by atomic mass is 32.2. The fraction of sp³-hybridized carbons (Fsp3) is 0.364. The van der Waals surface area contributed by atoms with Gasteiger partial charge in [-0.25, -0.2) is 0 Å². The summed E-state index contributed by atoms with van der Waals surface area (Å²) in [6.07, 6.45) is 6.65.